The summed E-state index contributed by atoms with van der Waals surface area (Å²) in [5.74, 6) is -0.420. The number of aliphatic hydroxyl groups is 1. The zero-order valence-electron chi connectivity index (χ0n) is 8.24. The van der Waals surface area contributed by atoms with E-state index in [1.807, 2.05) is 0 Å². The van der Waals surface area contributed by atoms with Crippen LogP contribution in [0.4, 0.5) is 4.39 Å². The predicted octanol–water partition coefficient (Wildman–Crippen LogP) is 1.21. The Kier molecular flexibility index (Phi) is 4.02. The second-order valence-electron chi connectivity index (χ2n) is 3.62. The van der Waals surface area contributed by atoms with Crippen molar-refractivity contribution in [2.75, 3.05) is 13.1 Å². The third kappa shape index (κ3) is 2.45. The van der Waals surface area contributed by atoms with Gasteiger partial charge in [0.05, 0.1) is 0 Å². The normalized spacial score (nSPS) is 19.3. The van der Waals surface area contributed by atoms with Crippen molar-refractivity contribution in [3.8, 4) is 0 Å². The lowest BCUT2D eigenvalue weighted by Crippen LogP contribution is -2.40. The lowest BCUT2D eigenvalue weighted by molar-refractivity contribution is -0.00155. The van der Waals surface area contributed by atoms with Gasteiger partial charge in [-0.3, -0.25) is 4.98 Å². The largest absolute Gasteiger partial charge is 0.383 e. The molecule has 3 nitrogen and oxygen atoms in total. The average Bonchev–Trinajstić information content (AvgIpc) is 2.19. The summed E-state index contributed by atoms with van der Waals surface area (Å²) in [5, 5.41) is 13.3. The van der Waals surface area contributed by atoms with Crippen molar-refractivity contribution in [3.05, 3.63) is 29.8 Å². The first-order chi connectivity index (χ1) is 6.72. The summed E-state index contributed by atoms with van der Waals surface area (Å²) < 4.78 is 13.4. The number of halogens is 2. The van der Waals surface area contributed by atoms with Crippen molar-refractivity contribution < 1.29 is 9.50 Å². The van der Waals surface area contributed by atoms with Crippen molar-refractivity contribution >= 4 is 12.4 Å². The highest BCUT2D eigenvalue weighted by Crippen LogP contribution is 2.30. The Hall–Kier alpha value is -0.710. The number of nitrogens with zero attached hydrogens (tertiary/aromatic N) is 1. The van der Waals surface area contributed by atoms with Crippen LogP contribution in [-0.4, -0.2) is 23.2 Å². The number of hydrogen-bond donors (Lipinski definition) is 2. The summed E-state index contributed by atoms with van der Waals surface area (Å²) in [6.07, 6.45) is 2.54. The van der Waals surface area contributed by atoms with Crippen LogP contribution < -0.4 is 5.32 Å². The standard InChI is InChI=1S/C10H13FN2O.ClH/c11-8-2-1-5-13-9(8)10(14)3-6-12-7-4-10;/h1-2,5,12,14H,3-4,6-7H2;1H. The van der Waals surface area contributed by atoms with E-state index >= 15 is 0 Å². The molecular weight excluding hydrogens is 219 g/mol. The van der Waals surface area contributed by atoms with Crippen LogP contribution in [0.15, 0.2) is 18.3 Å². The van der Waals surface area contributed by atoms with E-state index in [1.165, 1.54) is 18.3 Å². The van der Waals surface area contributed by atoms with Gasteiger partial charge in [-0.15, -0.1) is 12.4 Å². The molecule has 0 amide bonds. The molecule has 2 rings (SSSR count). The lowest BCUT2D eigenvalue weighted by Gasteiger charge is -2.31. The van der Waals surface area contributed by atoms with E-state index < -0.39 is 11.4 Å². The van der Waals surface area contributed by atoms with Crippen LogP contribution in [0.25, 0.3) is 0 Å². The van der Waals surface area contributed by atoms with E-state index in [-0.39, 0.29) is 18.1 Å². The molecule has 0 atom stereocenters. The summed E-state index contributed by atoms with van der Waals surface area (Å²) in [5.41, 5.74) is -0.905. The van der Waals surface area contributed by atoms with Gasteiger partial charge in [-0.25, -0.2) is 4.39 Å². The molecule has 2 N–H and O–H groups in total. The number of piperidine rings is 1. The molecule has 0 aliphatic carbocycles. The van der Waals surface area contributed by atoms with Gasteiger partial charge in [0.1, 0.15) is 17.1 Å². The minimum atomic E-state index is -1.09. The molecule has 0 unspecified atom stereocenters. The maximum atomic E-state index is 13.4. The Bertz CT molecular complexity index is 329. The van der Waals surface area contributed by atoms with Gasteiger partial charge in [-0.05, 0) is 38.1 Å². The number of pyridine rings is 1. The maximum absolute atomic E-state index is 13.4. The molecule has 1 aromatic heterocycles. The Morgan fingerprint density at radius 2 is 2.07 bits per heavy atom. The highest BCUT2D eigenvalue weighted by Gasteiger charge is 2.34. The summed E-state index contributed by atoms with van der Waals surface area (Å²) in [4.78, 5) is 3.92. The molecule has 1 aliphatic rings. The van der Waals surface area contributed by atoms with Gasteiger partial charge in [-0.2, -0.15) is 0 Å². The summed E-state index contributed by atoms with van der Waals surface area (Å²) in [6, 6.07) is 2.87. The van der Waals surface area contributed by atoms with Crippen molar-refractivity contribution in [1.82, 2.24) is 10.3 Å². The Morgan fingerprint density at radius 3 is 2.67 bits per heavy atom. The van der Waals surface area contributed by atoms with Crippen LogP contribution in [0.2, 0.25) is 0 Å². The van der Waals surface area contributed by atoms with Crippen molar-refractivity contribution in [1.29, 1.82) is 0 Å². The van der Waals surface area contributed by atoms with Crippen LogP contribution in [0, 0.1) is 5.82 Å². The molecule has 0 bridgehead atoms. The van der Waals surface area contributed by atoms with E-state index in [0.717, 1.165) is 0 Å². The van der Waals surface area contributed by atoms with E-state index in [9.17, 15) is 9.50 Å². The van der Waals surface area contributed by atoms with Crippen LogP contribution in [-0.2, 0) is 5.60 Å². The smallest absolute Gasteiger partial charge is 0.147 e. The van der Waals surface area contributed by atoms with Gasteiger partial charge >= 0.3 is 0 Å². The lowest BCUT2D eigenvalue weighted by atomic mass is 9.88. The molecule has 1 fully saturated rings. The van der Waals surface area contributed by atoms with Crippen molar-refractivity contribution in [2.24, 2.45) is 0 Å². The number of hydrogen-bond acceptors (Lipinski definition) is 3. The van der Waals surface area contributed by atoms with E-state index in [1.54, 1.807) is 0 Å². The first-order valence-corrected chi connectivity index (χ1v) is 4.76. The molecule has 15 heavy (non-hydrogen) atoms. The van der Waals surface area contributed by atoms with Gasteiger partial charge in [-0.1, -0.05) is 0 Å². The quantitative estimate of drug-likeness (QED) is 0.765. The molecule has 5 heteroatoms. The fourth-order valence-corrected chi connectivity index (χ4v) is 1.81. The summed E-state index contributed by atoms with van der Waals surface area (Å²) in [7, 11) is 0. The molecule has 0 aromatic carbocycles. The molecule has 1 aromatic rings. The Labute approximate surface area is 94.1 Å². The first kappa shape index (κ1) is 12.4. The fraction of sp³-hybridized carbons (Fsp3) is 0.500. The zero-order chi connectivity index (χ0) is 10.0. The summed E-state index contributed by atoms with van der Waals surface area (Å²) >= 11 is 0. The van der Waals surface area contributed by atoms with Crippen LogP contribution in [0.5, 0.6) is 0 Å². The van der Waals surface area contributed by atoms with E-state index in [4.69, 9.17) is 0 Å². The minimum absolute atomic E-state index is 0. The molecular formula is C10H14ClFN2O. The van der Waals surface area contributed by atoms with Gasteiger partial charge in [0.25, 0.3) is 0 Å². The average molecular weight is 233 g/mol. The highest BCUT2D eigenvalue weighted by molar-refractivity contribution is 5.85. The number of rotatable bonds is 1. The van der Waals surface area contributed by atoms with Gasteiger partial charge in [0.15, 0.2) is 0 Å². The highest BCUT2D eigenvalue weighted by atomic mass is 35.5. The topological polar surface area (TPSA) is 45.2 Å². The second-order valence-corrected chi connectivity index (χ2v) is 3.62. The monoisotopic (exact) mass is 232 g/mol. The van der Waals surface area contributed by atoms with Gasteiger partial charge < -0.3 is 10.4 Å². The first-order valence-electron chi connectivity index (χ1n) is 4.76. The van der Waals surface area contributed by atoms with Gasteiger partial charge in [0.2, 0.25) is 0 Å². The molecule has 1 saturated heterocycles. The molecule has 1 aliphatic heterocycles. The van der Waals surface area contributed by atoms with E-state index in [0.29, 0.717) is 25.9 Å². The predicted molar refractivity (Wildman–Crippen MR) is 57.4 cm³/mol. The Balaban J connectivity index is 0.00000112. The van der Waals surface area contributed by atoms with Crippen LogP contribution in [0.3, 0.4) is 0 Å². The molecule has 0 radical (unpaired) electrons. The summed E-state index contributed by atoms with van der Waals surface area (Å²) in [6.45, 7) is 1.40. The minimum Gasteiger partial charge on any atom is -0.383 e. The van der Waals surface area contributed by atoms with Crippen LogP contribution in [0.1, 0.15) is 18.5 Å². The van der Waals surface area contributed by atoms with Gasteiger partial charge in [0, 0.05) is 6.20 Å². The number of aromatic nitrogens is 1. The molecule has 0 saturated carbocycles. The Morgan fingerprint density at radius 1 is 1.40 bits per heavy atom. The van der Waals surface area contributed by atoms with Crippen LogP contribution >= 0.6 is 12.4 Å². The maximum Gasteiger partial charge on any atom is 0.147 e. The third-order valence-corrected chi connectivity index (χ3v) is 2.63. The van der Waals surface area contributed by atoms with Crippen molar-refractivity contribution in [2.45, 2.75) is 18.4 Å². The molecule has 2 heterocycles. The molecule has 84 valence electrons. The van der Waals surface area contributed by atoms with E-state index in [2.05, 4.69) is 10.3 Å². The third-order valence-electron chi connectivity index (χ3n) is 2.63. The fourth-order valence-electron chi connectivity index (χ4n) is 1.81. The molecule has 0 spiro atoms. The zero-order valence-corrected chi connectivity index (χ0v) is 9.06. The van der Waals surface area contributed by atoms with Crippen molar-refractivity contribution in [3.63, 3.8) is 0 Å². The second kappa shape index (κ2) is 4.88. The SMILES string of the molecule is Cl.OC1(c2ncccc2F)CCNCC1. The number of nitrogens with one attached hydrogen (secondary N) is 1.